The first kappa shape index (κ1) is 15.5. The molecule has 1 aromatic carbocycles. The molecule has 0 saturated carbocycles. The third kappa shape index (κ3) is 3.35. The number of amides is 2. The fraction of sp³-hybridized carbons (Fsp3) is 0.235. The minimum absolute atomic E-state index is 0.0596. The van der Waals surface area contributed by atoms with Gasteiger partial charge in [0, 0.05) is 19.3 Å². The van der Waals surface area contributed by atoms with Crippen LogP contribution in [-0.4, -0.2) is 34.8 Å². The van der Waals surface area contributed by atoms with Crippen molar-refractivity contribution in [3.8, 4) is 0 Å². The molecule has 2 amide bonds. The van der Waals surface area contributed by atoms with Crippen LogP contribution >= 0.6 is 11.6 Å². The molecule has 0 atom stereocenters. The minimum atomic E-state index is -0.384. The minimum Gasteiger partial charge on any atom is -0.339 e. The molecule has 1 saturated heterocycles. The van der Waals surface area contributed by atoms with E-state index in [0.29, 0.717) is 11.3 Å². The Morgan fingerprint density at radius 2 is 1.74 bits per heavy atom. The normalized spacial score (nSPS) is 13.9. The van der Waals surface area contributed by atoms with Crippen LogP contribution in [0.15, 0.2) is 42.6 Å². The molecular formula is C17H16ClN3O2. The van der Waals surface area contributed by atoms with Gasteiger partial charge in [0.15, 0.2) is 0 Å². The fourth-order valence-electron chi connectivity index (χ4n) is 2.61. The van der Waals surface area contributed by atoms with Gasteiger partial charge in [0.05, 0.1) is 16.8 Å². The molecule has 1 aliphatic rings. The molecule has 1 aliphatic heterocycles. The molecule has 0 unspecified atom stereocenters. The number of para-hydroxylation sites is 1. The number of aromatic nitrogens is 1. The molecule has 0 spiro atoms. The number of halogens is 1. The van der Waals surface area contributed by atoms with Gasteiger partial charge in [-0.3, -0.25) is 9.59 Å². The summed E-state index contributed by atoms with van der Waals surface area (Å²) in [6.45, 7) is 1.52. The maximum absolute atomic E-state index is 12.6. The molecule has 23 heavy (non-hydrogen) atoms. The van der Waals surface area contributed by atoms with Crippen LogP contribution in [0.5, 0.6) is 0 Å². The van der Waals surface area contributed by atoms with Gasteiger partial charge in [-0.25, -0.2) is 4.98 Å². The van der Waals surface area contributed by atoms with Gasteiger partial charge in [0.2, 0.25) is 0 Å². The van der Waals surface area contributed by atoms with E-state index in [-0.39, 0.29) is 22.5 Å². The number of hydrogen-bond acceptors (Lipinski definition) is 3. The second-order valence-corrected chi connectivity index (χ2v) is 5.70. The predicted molar refractivity (Wildman–Crippen MR) is 88.8 cm³/mol. The Morgan fingerprint density at radius 1 is 1.04 bits per heavy atom. The highest BCUT2D eigenvalue weighted by Crippen LogP contribution is 2.21. The SMILES string of the molecule is O=C(Nc1ccccc1C(=O)N1CCCC1)c1cccnc1Cl. The molecular weight excluding hydrogens is 314 g/mol. The Morgan fingerprint density at radius 3 is 2.48 bits per heavy atom. The van der Waals surface area contributed by atoms with E-state index in [1.54, 1.807) is 36.4 Å². The monoisotopic (exact) mass is 329 g/mol. The van der Waals surface area contributed by atoms with Crippen molar-refractivity contribution in [2.45, 2.75) is 12.8 Å². The Balaban J connectivity index is 1.84. The lowest BCUT2D eigenvalue weighted by Crippen LogP contribution is -2.28. The quantitative estimate of drug-likeness (QED) is 0.879. The van der Waals surface area contributed by atoms with Crippen molar-refractivity contribution in [3.63, 3.8) is 0 Å². The van der Waals surface area contributed by atoms with E-state index in [0.717, 1.165) is 25.9 Å². The summed E-state index contributed by atoms with van der Waals surface area (Å²) in [6.07, 6.45) is 3.56. The third-order valence-electron chi connectivity index (χ3n) is 3.80. The highest BCUT2D eigenvalue weighted by Gasteiger charge is 2.22. The van der Waals surface area contributed by atoms with Crippen LogP contribution in [0.3, 0.4) is 0 Å². The molecule has 5 nitrogen and oxygen atoms in total. The second-order valence-electron chi connectivity index (χ2n) is 5.34. The zero-order valence-corrected chi connectivity index (χ0v) is 13.2. The summed E-state index contributed by atoms with van der Waals surface area (Å²) in [4.78, 5) is 30.7. The number of rotatable bonds is 3. The molecule has 118 valence electrons. The lowest BCUT2D eigenvalue weighted by atomic mass is 10.1. The van der Waals surface area contributed by atoms with Gasteiger partial charge >= 0.3 is 0 Å². The van der Waals surface area contributed by atoms with Crippen molar-refractivity contribution in [2.75, 3.05) is 18.4 Å². The van der Waals surface area contributed by atoms with Crippen LogP contribution in [0.1, 0.15) is 33.6 Å². The second kappa shape index (κ2) is 6.79. The molecule has 2 heterocycles. The van der Waals surface area contributed by atoms with E-state index in [1.165, 1.54) is 6.20 Å². The van der Waals surface area contributed by atoms with Gasteiger partial charge in [0.1, 0.15) is 5.15 Å². The average Bonchev–Trinajstić information content (AvgIpc) is 3.09. The van der Waals surface area contributed by atoms with E-state index < -0.39 is 0 Å². The van der Waals surface area contributed by atoms with Crippen LogP contribution in [0.25, 0.3) is 0 Å². The van der Waals surface area contributed by atoms with Crippen LogP contribution in [0.2, 0.25) is 5.15 Å². The molecule has 0 radical (unpaired) electrons. The standard InChI is InChI=1S/C17H16ClN3O2/c18-15-13(7-5-9-19-15)16(22)20-14-8-2-1-6-12(14)17(23)21-10-3-4-11-21/h1-2,5-9H,3-4,10-11H2,(H,20,22). The average molecular weight is 330 g/mol. The number of nitrogens with zero attached hydrogens (tertiary/aromatic N) is 2. The van der Waals surface area contributed by atoms with Gasteiger partial charge in [0.25, 0.3) is 11.8 Å². The zero-order valence-electron chi connectivity index (χ0n) is 12.5. The smallest absolute Gasteiger partial charge is 0.258 e. The summed E-state index contributed by atoms with van der Waals surface area (Å²) in [6, 6.07) is 10.2. The Labute approximate surface area is 139 Å². The topological polar surface area (TPSA) is 62.3 Å². The van der Waals surface area contributed by atoms with Gasteiger partial charge in [-0.2, -0.15) is 0 Å². The van der Waals surface area contributed by atoms with Crippen molar-refractivity contribution in [3.05, 3.63) is 58.9 Å². The maximum Gasteiger partial charge on any atom is 0.258 e. The van der Waals surface area contributed by atoms with Crippen LogP contribution in [0, 0.1) is 0 Å². The Kier molecular flexibility index (Phi) is 4.57. The number of carbonyl (C=O) groups excluding carboxylic acids is 2. The molecule has 3 rings (SSSR count). The van der Waals surface area contributed by atoms with Crippen molar-refractivity contribution in [1.29, 1.82) is 0 Å². The number of likely N-dealkylation sites (tertiary alicyclic amines) is 1. The maximum atomic E-state index is 12.6. The zero-order chi connectivity index (χ0) is 16.2. The number of carbonyl (C=O) groups is 2. The Hall–Kier alpha value is -2.40. The highest BCUT2D eigenvalue weighted by molar-refractivity contribution is 6.33. The third-order valence-corrected chi connectivity index (χ3v) is 4.10. The van der Waals surface area contributed by atoms with Crippen LogP contribution < -0.4 is 5.32 Å². The largest absolute Gasteiger partial charge is 0.339 e. The van der Waals surface area contributed by atoms with E-state index in [2.05, 4.69) is 10.3 Å². The molecule has 2 aromatic rings. The van der Waals surface area contributed by atoms with Gasteiger partial charge in [-0.1, -0.05) is 23.7 Å². The summed E-state index contributed by atoms with van der Waals surface area (Å²) < 4.78 is 0. The summed E-state index contributed by atoms with van der Waals surface area (Å²) in [5.74, 6) is -0.444. The Bertz CT molecular complexity index is 742. The van der Waals surface area contributed by atoms with Crippen LogP contribution in [0.4, 0.5) is 5.69 Å². The first-order valence-corrected chi connectivity index (χ1v) is 7.85. The molecule has 1 N–H and O–H groups in total. The summed E-state index contributed by atoms with van der Waals surface area (Å²) in [7, 11) is 0. The molecule has 0 bridgehead atoms. The lowest BCUT2D eigenvalue weighted by molar-refractivity contribution is 0.0794. The summed E-state index contributed by atoms with van der Waals surface area (Å²) >= 11 is 5.94. The van der Waals surface area contributed by atoms with Gasteiger partial charge in [-0.15, -0.1) is 0 Å². The van der Waals surface area contributed by atoms with Gasteiger partial charge < -0.3 is 10.2 Å². The fourth-order valence-corrected chi connectivity index (χ4v) is 2.82. The van der Waals surface area contributed by atoms with Crippen molar-refractivity contribution >= 4 is 29.1 Å². The molecule has 1 fully saturated rings. The van der Waals surface area contributed by atoms with Crippen molar-refractivity contribution in [1.82, 2.24) is 9.88 Å². The first-order valence-electron chi connectivity index (χ1n) is 7.47. The van der Waals surface area contributed by atoms with Crippen molar-refractivity contribution in [2.24, 2.45) is 0 Å². The highest BCUT2D eigenvalue weighted by atomic mass is 35.5. The number of benzene rings is 1. The number of pyridine rings is 1. The van der Waals surface area contributed by atoms with Gasteiger partial charge in [-0.05, 0) is 37.1 Å². The molecule has 6 heteroatoms. The van der Waals surface area contributed by atoms with Crippen LogP contribution in [-0.2, 0) is 0 Å². The van der Waals surface area contributed by atoms with E-state index in [1.807, 2.05) is 4.90 Å². The van der Waals surface area contributed by atoms with Crippen molar-refractivity contribution < 1.29 is 9.59 Å². The van der Waals surface area contributed by atoms with E-state index >= 15 is 0 Å². The number of nitrogens with one attached hydrogen (secondary N) is 1. The summed E-state index contributed by atoms with van der Waals surface area (Å²) in [5, 5.41) is 2.89. The first-order chi connectivity index (χ1) is 11.2. The number of anilines is 1. The molecule has 1 aromatic heterocycles. The summed E-state index contributed by atoms with van der Waals surface area (Å²) in [5.41, 5.74) is 1.25. The predicted octanol–water partition coefficient (Wildman–Crippen LogP) is 3.22. The lowest BCUT2D eigenvalue weighted by Gasteiger charge is -2.18. The van der Waals surface area contributed by atoms with E-state index in [9.17, 15) is 9.59 Å². The number of hydrogen-bond donors (Lipinski definition) is 1. The van der Waals surface area contributed by atoms with E-state index in [4.69, 9.17) is 11.6 Å². The molecule has 0 aliphatic carbocycles.